The highest BCUT2D eigenvalue weighted by molar-refractivity contribution is 5.76. The summed E-state index contributed by atoms with van der Waals surface area (Å²) < 4.78 is 0. The van der Waals surface area contributed by atoms with Crippen molar-refractivity contribution in [3.63, 3.8) is 0 Å². The fourth-order valence-corrected chi connectivity index (χ4v) is 5.97. The van der Waals surface area contributed by atoms with Gasteiger partial charge in [-0.1, -0.05) is 200 Å². The second kappa shape index (κ2) is 46.2. The summed E-state index contributed by atoms with van der Waals surface area (Å²) in [4.78, 5) is 12.4. The second-order valence-corrected chi connectivity index (χ2v) is 14.7. The Bertz CT molecular complexity index is 1150. The molecule has 0 aromatic carbocycles. The first-order valence-electron chi connectivity index (χ1n) is 22.7. The molecule has 2 atom stereocenters. The predicted molar refractivity (Wildman–Crippen MR) is 248 cm³/mol. The van der Waals surface area contributed by atoms with Crippen molar-refractivity contribution in [1.29, 1.82) is 0 Å². The number of unbranched alkanes of at least 4 members (excludes halogenated alkanes) is 14. The highest BCUT2D eigenvalue weighted by Crippen LogP contribution is 2.12. The van der Waals surface area contributed by atoms with Gasteiger partial charge in [0, 0.05) is 6.42 Å². The Morgan fingerprint density at radius 1 is 0.446 bits per heavy atom. The minimum absolute atomic E-state index is 0.122. The minimum atomic E-state index is -0.889. The van der Waals surface area contributed by atoms with Gasteiger partial charge in [0.1, 0.15) is 0 Å². The van der Waals surface area contributed by atoms with E-state index in [9.17, 15) is 15.0 Å². The second-order valence-electron chi connectivity index (χ2n) is 14.7. The van der Waals surface area contributed by atoms with Crippen molar-refractivity contribution in [2.24, 2.45) is 0 Å². The number of carbonyl (C=O) groups is 1. The Morgan fingerprint density at radius 2 is 0.804 bits per heavy atom. The van der Waals surface area contributed by atoms with E-state index in [1.165, 1.54) is 70.6 Å². The Morgan fingerprint density at radius 3 is 1.25 bits per heavy atom. The topological polar surface area (TPSA) is 69.6 Å². The lowest BCUT2D eigenvalue weighted by Crippen LogP contribution is -2.45. The van der Waals surface area contributed by atoms with Crippen LogP contribution in [0.2, 0.25) is 0 Å². The molecule has 4 heteroatoms. The number of carbonyl (C=O) groups excluding carboxylic acids is 1. The number of amides is 1. The van der Waals surface area contributed by atoms with Gasteiger partial charge >= 0.3 is 0 Å². The molecule has 0 spiro atoms. The fourth-order valence-electron chi connectivity index (χ4n) is 5.97. The van der Waals surface area contributed by atoms with Crippen LogP contribution in [-0.4, -0.2) is 34.9 Å². The maximum Gasteiger partial charge on any atom is 0.220 e. The summed E-state index contributed by atoms with van der Waals surface area (Å²) in [6.07, 6.45) is 71.6. The molecule has 316 valence electrons. The van der Waals surface area contributed by atoms with Crippen LogP contribution in [0.3, 0.4) is 0 Å². The van der Waals surface area contributed by atoms with Crippen molar-refractivity contribution in [3.8, 4) is 0 Å². The third-order valence-electron chi connectivity index (χ3n) is 9.43. The Labute approximate surface area is 346 Å². The largest absolute Gasteiger partial charge is 0.394 e. The van der Waals surface area contributed by atoms with Crippen molar-refractivity contribution in [1.82, 2.24) is 5.32 Å². The molecule has 0 aromatic heterocycles. The molecular weight excluding hydrogens is 687 g/mol. The third kappa shape index (κ3) is 41.9. The van der Waals surface area contributed by atoms with Gasteiger partial charge in [-0.15, -0.1) is 0 Å². The lowest BCUT2D eigenvalue weighted by Gasteiger charge is -2.19. The summed E-state index contributed by atoms with van der Waals surface area (Å²) in [5, 5.41) is 23.0. The van der Waals surface area contributed by atoms with E-state index in [2.05, 4.69) is 129 Å². The Balaban J connectivity index is 3.79. The lowest BCUT2D eigenvalue weighted by atomic mass is 10.1. The average molecular weight is 772 g/mol. The predicted octanol–water partition coefficient (Wildman–Crippen LogP) is 14.6. The van der Waals surface area contributed by atoms with Crippen LogP contribution in [0.25, 0.3) is 0 Å². The smallest absolute Gasteiger partial charge is 0.220 e. The van der Waals surface area contributed by atoms with Crippen LogP contribution in [0.15, 0.2) is 122 Å². The monoisotopic (exact) mass is 772 g/mol. The van der Waals surface area contributed by atoms with Gasteiger partial charge in [0.25, 0.3) is 0 Å². The van der Waals surface area contributed by atoms with E-state index in [0.717, 1.165) is 89.9 Å². The molecular formula is C52H85NO3. The van der Waals surface area contributed by atoms with Crippen LogP contribution in [0, 0.1) is 0 Å². The summed E-state index contributed by atoms with van der Waals surface area (Å²) in [7, 11) is 0. The summed E-state index contributed by atoms with van der Waals surface area (Å²) in [6, 6.07) is -0.671. The molecule has 0 aliphatic heterocycles. The molecule has 0 saturated carbocycles. The number of nitrogens with one attached hydrogen (secondary N) is 1. The molecule has 0 heterocycles. The van der Waals surface area contributed by atoms with Crippen LogP contribution in [-0.2, 0) is 4.79 Å². The molecule has 0 aromatic rings. The van der Waals surface area contributed by atoms with E-state index in [-0.39, 0.29) is 12.5 Å². The molecule has 1 amide bonds. The first-order chi connectivity index (χ1) is 27.7. The van der Waals surface area contributed by atoms with Crippen molar-refractivity contribution in [2.45, 2.75) is 193 Å². The molecule has 0 rings (SSSR count). The molecule has 0 aliphatic rings. The van der Waals surface area contributed by atoms with Gasteiger partial charge in [-0.25, -0.2) is 0 Å². The maximum absolute atomic E-state index is 12.4. The minimum Gasteiger partial charge on any atom is -0.394 e. The third-order valence-corrected chi connectivity index (χ3v) is 9.43. The number of aliphatic hydroxyl groups is 2. The van der Waals surface area contributed by atoms with Gasteiger partial charge in [0.05, 0.1) is 18.8 Å². The lowest BCUT2D eigenvalue weighted by molar-refractivity contribution is -0.123. The maximum atomic E-state index is 12.4. The number of rotatable bonds is 39. The van der Waals surface area contributed by atoms with Gasteiger partial charge in [0.15, 0.2) is 0 Å². The first kappa shape index (κ1) is 52.8. The van der Waals surface area contributed by atoms with Crippen LogP contribution >= 0.6 is 0 Å². The molecule has 2 unspecified atom stereocenters. The van der Waals surface area contributed by atoms with Crippen molar-refractivity contribution in [2.75, 3.05) is 6.61 Å². The van der Waals surface area contributed by atoms with E-state index < -0.39 is 12.1 Å². The molecule has 0 fully saturated rings. The van der Waals surface area contributed by atoms with Crippen molar-refractivity contribution < 1.29 is 15.0 Å². The van der Waals surface area contributed by atoms with Crippen molar-refractivity contribution in [3.05, 3.63) is 122 Å². The summed E-state index contributed by atoms with van der Waals surface area (Å²) >= 11 is 0. The van der Waals surface area contributed by atoms with Gasteiger partial charge in [0.2, 0.25) is 5.91 Å². The molecule has 0 radical (unpaired) electrons. The number of hydrogen-bond donors (Lipinski definition) is 3. The molecule has 0 saturated heterocycles. The Hall–Kier alpha value is -3.21. The molecule has 0 bridgehead atoms. The van der Waals surface area contributed by atoms with Gasteiger partial charge in [-0.3, -0.25) is 4.79 Å². The van der Waals surface area contributed by atoms with Crippen LogP contribution in [0.1, 0.15) is 181 Å². The number of allylic oxidation sites excluding steroid dienone is 19. The van der Waals surface area contributed by atoms with E-state index in [1.807, 2.05) is 6.08 Å². The molecule has 0 aliphatic carbocycles. The van der Waals surface area contributed by atoms with Gasteiger partial charge < -0.3 is 15.5 Å². The quantitative estimate of drug-likeness (QED) is 0.0430. The zero-order chi connectivity index (χ0) is 40.7. The van der Waals surface area contributed by atoms with E-state index in [1.54, 1.807) is 6.08 Å². The van der Waals surface area contributed by atoms with E-state index >= 15 is 0 Å². The molecule has 56 heavy (non-hydrogen) atoms. The summed E-state index contributed by atoms with van der Waals surface area (Å²) in [5.41, 5.74) is 0. The van der Waals surface area contributed by atoms with Gasteiger partial charge in [-0.2, -0.15) is 0 Å². The van der Waals surface area contributed by atoms with E-state index in [4.69, 9.17) is 0 Å². The first-order valence-corrected chi connectivity index (χ1v) is 22.7. The standard InChI is InChI=1S/C52H85NO3/c1-3-5-7-9-11-13-15-17-19-21-22-23-24-25-26-27-28-29-30-32-34-36-38-40-42-44-46-48-52(56)53-50(49-54)51(55)47-45-43-41-39-37-35-33-31-20-18-16-14-12-10-8-6-4-2/h5,7,11,13,17,19,22-23,25-26,28-29,32,34,37-40,45,47,50-51,54-55H,3-4,6,8-10,12,14-16,18,20-21,24,27,30-31,33,35-36,41-44,46,48-49H2,1-2H3,(H,53,56)/b7-5-,13-11-,19-17-,23-22-,26-25-,29-28-,34-32-,39-37+,40-38-,47-45+. The molecule has 3 N–H and O–H groups in total. The highest BCUT2D eigenvalue weighted by atomic mass is 16.3. The summed E-state index contributed by atoms with van der Waals surface area (Å²) in [6.45, 7) is 4.15. The fraction of sp³-hybridized carbons (Fsp3) is 0.596. The van der Waals surface area contributed by atoms with Crippen LogP contribution in [0.5, 0.6) is 0 Å². The van der Waals surface area contributed by atoms with Gasteiger partial charge in [-0.05, 0) is 96.3 Å². The average Bonchev–Trinajstić information content (AvgIpc) is 3.20. The zero-order valence-electron chi connectivity index (χ0n) is 36.1. The van der Waals surface area contributed by atoms with E-state index in [0.29, 0.717) is 6.42 Å². The van der Waals surface area contributed by atoms with Crippen LogP contribution < -0.4 is 5.32 Å². The number of aliphatic hydroxyl groups excluding tert-OH is 2. The molecule has 4 nitrogen and oxygen atoms in total. The highest BCUT2D eigenvalue weighted by Gasteiger charge is 2.17. The zero-order valence-corrected chi connectivity index (χ0v) is 36.1. The number of hydrogen-bond acceptors (Lipinski definition) is 3. The van der Waals surface area contributed by atoms with Crippen molar-refractivity contribution >= 4 is 5.91 Å². The summed E-state index contributed by atoms with van der Waals surface area (Å²) in [5.74, 6) is -0.122. The SMILES string of the molecule is CC/C=C\C/C=C\C/C=C\C/C=C\C/C=C\C/C=C\C/C=C\C/C=C\CCCCC(=O)NC(CO)C(O)/C=C/CC/C=C/CCCCCCCCCCCCC. The Kier molecular flexibility index (Phi) is 43.5. The van der Waals surface area contributed by atoms with Crippen LogP contribution in [0.4, 0.5) is 0 Å². The normalized spacial score (nSPS) is 14.1.